The quantitative estimate of drug-likeness (QED) is 0.396. The van der Waals surface area contributed by atoms with Gasteiger partial charge in [0, 0.05) is 60.9 Å². The summed E-state index contributed by atoms with van der Waals surface area (Å²) in [4.78, 5) is 12.8. The van der Waals surface area contributed by atoms with Crippen molar-refractivity contribution in [1.29, 1.82) is 0 Å². The smallest absolute Gasteiger partial charge is 0.130 e. The van der Waals surface area contributed by atoms with E-state index in [-0.39, 0.29) is 5.54 Å². The SMILES string of the molecule is CCCC(c1cc(OC)c2cc(N3CCC(c4ccccc4)(N(C)C)CC3)ccc2n1)N1CC(C)NC(C)C1. The number of hydrogen-bond acceptors (Lipinski definition) is 6. The number of rotatable bonds is 8. The standard InChI is InChI=1S/C33H47N5O/c1-7-11-31(38-22-24(2)34-25(3)23-38)30-21-32(39-6)28-20-27(14-15-29(28)35-30)37-18-16-33(17-19-37,36(4)5)26-12-9-8-10-13-26/h8-10,12-15,20-21,24-25,31,34H,7,11,16-19,22-23H2,1-6H3. The molecule has 0 bridgehead atoms. The Hall–Kier alpha value is -2.67. The zero-order valence-electron chi connectivity index (χ0n) is 24.8. The van der Waals surface area contributed by atoms with E-state index in [0.29, 0.717) is 18.1 Å². The highest BCUT2D eigenvalue weighted by atomic mass is 16.5. The normalized spacial score (nSPS) is 22.8. The van der Waals surface area contributed by atoms with Crippen LogP contribution >= 0.6 is 0 Å². The Morgan fingerprint density at radius 3 is 2.33 bits per heavy atom. The van der Waals surface area contributed by atoms with E-state index in [9.17, 15) is 0 Å². The Bertz CT molecular complexity index is 1230. The summed E-state index contributed by atoms with van der Waals surface area (Å²) in [6.45, 7) is 11.0. The largest absolute Gasteiger partial charge is 0.496 e. The first kappa shape index (κ1) is 27.9. The fourth-order valence-electron chi connectivity index (χ4n) is 7.03. The Morgan fingerprint density at radius 2 is 1.72 bits per heavy atom. The lowest BCUT2D eigenvalue weighted by Gasteiger charge is -2.47. The van der Waals surface area contributed by atoms with Gasteiger partial charge in [-0.3, -0.25) is 14.8 Å². The zero-order valence-corrected chi connectivity index (χ0v) is 24.8. The molecule has 3 heterocycles. The van der Waals surface area contributed by atoms with Crippen LogP contribution in [0, 0.1) is 0 Å². The van der Waals surface area contributed by atoms with Crippen LogP contribution in [0.1, 0.15) is 63.8 Å². The van der Waals surface area contributed by atoms with Crippen molar-refractivity contribution >= 4 is 16.6 Å². The van der Waals surface area contributed by atoms with Crippen LogP contribution in [0.2, 0.25) is 0 Å². The predicted molar refractivity (Wildman–Crippen MR) is 163 cm³/mol. The van der Waals surface area contributed by atoms with Gasteiger partial charge in [-0.25, -0.2) is 0 Å². The molecule has 5 rings (SSSR count). The number of nitrogens with one attached hydrogen (secondary N) is 1. The molecule has 2 aliphatic heterocycles. The van der Waals surface area contributed by atoms with Crippen LogP contribution in [0.4, 0.5) is 5.69 Å². The van der Waals surface area contributed by atoms with E-state index < -0.39 is 0 Å². The van der Waals surface area contributed by atoms with E-state index in [1.54, 1.807) is 7.11 Å². The highest BCUT2D eigenvalue weighted by molar-refractivity contribution is 5.88. The van der Waals surface area contributed by atoms with Gasteiger partial charge in [0.15, 0.2) is 0 Å². The van der Waals surface area contributed by atoms with E-state index >= 15 is 0 Å². The summed E-state index contributed by atoms with van der Waals surface area (Å²) in [6.07, 6.45) is 4.42. The van der Waals surface area contributed by atoms with Gasteiger partial charge < -0.3 is 15.0 Å². The number of piperidine rings is 1. The van der Waals surface area contributed by atoms with Crippen molar-refractivity contribution in [3.05, 3.63) is 65.9 Å². The Kier molecular flexibility index (Phi) is 8.46. The zero-order chi connectivity index (χ0) is 27.6. The third kappa shape index (κ3) is 5.65. The predicted octanol–water partition coefficient (Wildman–Crippen LogP) is 5.82. The summed E-state index contributed by atoms with van der Waals surface area (Å²) in [6, 6.07) is 21.2. The highest BCUT2D eigenvalue weighted by Gasteiger charge is 2.38. The van der Waals surface area contributed by atoms with Crippen LogP contribution in [-0.4, -0.2) is 74.3 Å². The summed E-state index contributed by atoms with van der Waals surface area (Å²) >= 11 is 0. The third-order valence-electron chi connectivity index (χ3n) is 9.05. The molecule has 3 unspecified atom stereocenters. The Morgan fingerprint density at radius 1 is 1.03 bits per heavy atom. The van der Waals surface area contributed by atoms with Crippen LogP contribution in [0.15, 0.2) is 54.6 Å². The lowest BCUT2D eigenvalue weighted by Crippen LogP contribution is -2.55. The van der Waals surface area contributed by atoms with Crippen molar-refractivity contribution in [2.45, 2.75) is 70.1 Å². The molecule has 3 atom stereocenters. The molecular formula is C33H47N5O. The topological polar surface area (TPSA) is 43.9 Å². The van der Waals surface area contributed by atoms with Crippen molar-refractivity contribution in [1.82, 2.24) is 20.1 Å². The van der Waals surface area contributed by atoms with E-state index in [1.165, 1.54) is 11.3 Å². The van der Waals surface area contributed by atoms with E-state index in [4.69, 9.17) is 9.72 Å². The number of pyridine rings is 1. The van der Waals surface area contributed by atoms with Gasteiger partial charge >= 0.3 is 0 Å². The molecule has 2 aromatic carbocycles. The number of anilines is 1. The van der Waals surface area contributed by atoms with Crippen LogP contribution < -0.4 is 15.0 Å². The molecule has 0 saturated carbocycles. The molecular weight excluding hydrogens is 482 g/mol. The monoisotopic (exact) mass is 529 g/mol. The van der Waals surface area contributed by atoms with E-state index in [2.05, 4.69) is 109 Å². The van der Waals surface area contributed by atoms with Crippen molar-refractivity contribution < 1.29 is 4.74 Å². The first-order valence-corrected chi connectivity index (χ1v) is 14.8. The molecule has 6 nitrogen and oxygen atoms in total. The molecule has 2 aliphatic rings. The maximum atomic E-state index is 5.99. The molecule has 0 aliphatic carbocycles. The molecule has 0 radical (unpaired) electrons. The maximum absolute atomic E-state index is 5.99. The van der Waals surface area contributed by atoms with Gasteiger partial charge in [0.1, 0.15) is 5.75 Å². The lowest BCUT2D eigenvalue weighted by molar-refractivity contribution is 0.114. The van der Waals surface area contributed by atoms with Gasteiger partial charge in [0.05, 0.1) is 24.4 Å². The molecule has 0 spiro atoms. The molecule has 210 valence electrons. The Labute approximate surface area is 235 Å². The van der Waals surface area contributed by atoms with Crippen molar-refractivity contribution in [2.75, 3.05) is 52.3 Å². The van der Waals surface area contributed by atoms with Gasteiger partial charge in [-0.1, -0.05) is 43.7 Å². The summed E-state index contributed by atoms with van der Waals surface area (Å²) in [5.41, 5.74) is 4.91. The van der Waals surface area contributed by atoms with Crippen LogP contribution in [0.5, 0.6) is 5.75 Å². The average molecular weight is 530 g/mol. The second kappa shape index (κ2) is 11.8. The first-order valence-electron chi connectivity index (χ1n) is 14.8. The van der Waals surface area contributed by atoms with Crippen LogP contribution in [-0.2, 0) is 5.54 Å². The summed E-state index contributed by atoms with van der Waals surface area (Å²) in [7, 11) is 6.24. The molecule has 6 heteroatoms. The van der Waals surface area contributed by atoms with Gasteiger partial charge in [-0.05, 0) is 71.0 Å². The number of aromatic nitrogens is 1. The number of methoxy groups -OCH3 is 1. The van der Waals surface area contributed by atoms with Gasteiger partial charge in [-0.15, -0.1) is 0 Å². The second-order valence-corrected chi connectivity index (χ2v) is 12.0. The minimum Gasteiger partial charge on any atom is -0.496 e. The van der Waals surface area contributed by atoms with Gasteiger partial charge in [0.2, 0.25) is 0 Å². The second-order valence-electron chi connectivity index (χ2n) is 12.0. The number of nitrogens with zero attached hydrogens (tertiary/aromatic N) is 4. The summed E-state index contributed by atoms with van der Waals surface area (Å²) in [5, 5.41) is 4.77. The molecule has 0 amide bonds. The minimum absolute atomic E-state index is 0.0794. The molecule has 2 fully saturated rings. The maximum Gasteiger partial charge on any atom is 0.130 e. The first-order chi connectivity index (χ1) is 18.8. The number of piperazine rings is 1. The van der Waals surface area contributed by atoms with E-state index in [1.807, 2.05) is 0 Å². The summed E-state index contributed by atoms with van der Waals surface area (Å²) < 4.78 is 5.99. The van der Waals surface area contributed by atoms with E-state index in [0.717, 1.165) is 74.2 Å². The lowest BCUT2D eigenvalue weighted by atomic mass is 9.79. The fraction of sp³-hybridized carbons (Fsp3) is 0.545. The number of hydrogen-bond donors (Lipinski definition) is 1. The van der Waals surface area contributed by atoms with Crippen molar-refractivity contribution in [3.63, 3.8) is 0 Å². The van der Waals surface area contributed by atoms with Crippen LogP contribution in [0.3, 0.4) is 0 Å². The molecule has 3 aromatic rings. The average Bonchev–Trinajstić information content (AvgIpc) is 2.95. The van der Waals surface area contributed by atoms with Crippen molar-refractivity contribution in [3.8, 4) is 5.75 Å². The molecule has 2 saturated heterocycles. The minimum atomic E-state index is 0.0794. The van der Waals surface area contributed by atoms with Crippen molar-refractivity contribution in [2.24, 2.45) is 0 Å². The van der Waals surface area contributed by atoms with Gasteiger partial charge in [-0.2, -0.15) is 0 Å². The third-order valence-corrected chi connectivity index (χ3v) is 9.05. The molecule has 39 heavy (non-hydrogen) atoms. The Balaban J connectivity index is 1.41. The van der Waals surface area contributed by atoms with Crippen LogP contribution in [0.25, 0.3) is 10.9 Å². The molecule has 1 aromatic heterocycles. The number of fused-ring (bicyclic) bond motifs is 1. The number of benzene rings is 2. The molecule has 1 N–H and O–H groups in total. The number of ether oxygens (including phenoxy) is 1. The highest BCUT2D eigenvalue weighted by Crippen LogP contribution is 2.40. The fourth-order valence-corrected chi connectivity index (χ4v) is 7.03. The van der Waals surface area contributed by atoms with Gasteiger partial charge in [0.25, 0.3) is 0 Å². The summed E-state index contributed by atoms with van der Waals surface area (Å²) in [5.74, 6) is 0.929.